The van der Waals surface area contributed by atoms with Crippen molar-refractivity contribution in [3.63, 3.8) is 0 Å². The summed E-state index contributed by atoms with van der Waals surface area (Å²) in [6.45, 7) is 2.18. The number of nitrogens with zero attached hydrogens (tertiary/aromatic N) is 1. The summed E-state index contributed by atoms with van der Waals surface area (Å²) < 4.78 is 0. The molecule has 146 valence electrons. The molecule has 1 aliphatic rings. The number of fused-ring (bicyclic) bond motifs is 1. The van der Waals surface area contributed by atoms with E-state index in [0.29, 0.717) is 12.2 Å². The highest BCUT2D eigenvalue weighted by molar-refractivity contribution is 6.33. The molecule has 0 aromatic heterocycles. The number of carbonyl (C=O) groups is 2. The van der Waals surface area contributed by atoms with Gasteiger partial charge >= 0.3 is 0 Å². The molecular formula is C23H19ClN2O3. The molecule has 6 heteroatoms. The highest BCUT2D eigenvalue weighted by Gasteiger charge is 2.23. The third-order valence-electron chi connectivity index (χ3n) is 5.03. The molecule has 3 aromatic carbocycles. The number of rotatable bonds is 3. The molecule has 5 nitrogen and oxygen atoms in total. The minimum atomic E-state index is -0.455. The predicted molar refractivity (Wildman–Crippen MR) is 115 cm³/mol. The highest BCUT2D eigenvalue weighted by Crippen LogP contribution is 2.35. The van der Waals surface area contributed by atoms with Crippen molar-refractivity contribution in [3.8, 4) is 16.9 Å². The van der Waals surface area contributed by atoms with E-state index in [9.17, 15) is 14.7 Å². The molecule has 3 aromatic rings. The van der Waals surface area contributed by atoms with Crippen LogP contribution in [0.25, 0.3) is 11.1 Å². The zero-order valence-corrected chi connectivity index (χ0v) is 16.5. The molecule has 1 heterocycles. The Labute approximate surface area is 173 Å². The molecule has 0 aliphatic carbocycles. The second-order valence-electron chi connectivity index (χ2n) is 6.94. The van der Waals surface area contributed by atoms with Gasteiger partial charge in [0.1, 0.15) is 5.75 Å². The quantitative estimate of drug-likeness (QED) is 0.651. The van der Waals surface area contributed by atoms with Gasteiger partial charge in [-0.05, 0) is 53.4 Å². The summed E-state index contributed by atoms with van der Waals surface area (Å²) in [4.78, 5) is 26.3. The van der Waals surface area contributed by atoms with Crippen LogP contribution in [0.4, 0.5) is 11.4 Å². The summed E-state index contributed by atoms with van der Waals surface area (Å²) in [5.41, 5.74) is 4.20. The molecule has 0 fully saturated rings. The maximum absolute atomic E-state index is 12.8. The van der Waals surface area contributed by atoms with Gasteiger partial charge in [0.2, 0.25) is 5.91 Å². The van der Waals surface area contributed by atoms with Crippen LogP contribution in [0.5, 0.6) is 5.75 Å². The Morgan fingerprint density at radius 2 is 1.79 bits per heavy atom. The number of hydrogen-bond acceptors (Lipinski definition) is 3. The molecule has 0 spiro atoms. The van der Waals surface area contributed by atoms with Crippen LogP contribution in [-0.2, 0) is 11.2 Å². The number of amides is 2. The largest absolute Gasteiger partial charge is 0.506 e. The summed E-state index contributed by atoms with van der Waals surface area (Å²) >= 11 is 6.17. The Morgan fingerprint density at radius 1 is 1.03 bits per heavy atom. The highest BCUT2D eigenvalue weighted by atomic mass is 35.5. The molecule has 0 atom stereocenters. The molecule has 0 saturated carbocycles. The van der Waals surface area contributed by atoms with E-state index in [4.69, 9.17) is 11.6 Å². The van der Waals surface area contributed by atoms with Crippen molar-refractivity contribution >= 4 is 34.8 Å². The van der Waals surface area contributed by atoms with Crippen molar-refractivity contribution in [2.75, 3.05) is 16.8 Å². The number of carbonyl (C=O) groups excluding carboxylic acids is 2. The van der Waals surface area contributed by atoms with Crippen molar-refractivity contribution in [2.45, 2.75) is 13.3 Å². The fourth-order valence-electron chi connectivity index (χ4n) is 3.57. The zero-order chi connectivity index (χ0) is 20.5. The summed E-state index contributed by atoms with van der Waals surface area (Å²) in [5, 5.41) is 13.3. The third kappa shape index (κ3) is 3.69. The first-order chi connectivity index (χ1) is 13.9. The van der Waals surface area contributed by atoms with Crippen LogP contribution < -0.4 is 10.2 Å². The van der Waals surface area contributed by atoms with Gasteiger partial charge in [-0.25, -0.2) is 0 Å². The van der Waals surface area contributed by atoms with E-state index in [1.165, 1.54) is 6.92 Å². The molecule has 0 bridgehead atoms. The summed E-state index contributed by atoms with van der Waals surface area (Å²) in [5.74, 6) is -0.714. The van der Waals surface area contributed by atoms with E-state index < -0.39 is 5.91 Å². The number of halogens is 1. The first kappa shape index (κ1) is 19.0. The van der Waals surface area contributed by atoms with Crippen LogP contribution in [-0.4, -0.2) is 23.5 Å². The fraction of sp³-hybridized carbons (Fsp3) is 0.130. The van der Waals surface area contributed by atoms with Gasteiger partial charge in [-0.1, -0.05) is 41.9 Å². The van der Waals surface area contributed by atoms with E-state index in [0.717, 1.165) is 28.8 Å². The molecule has 0 unspecified atom stereocenters. The van der Waals surface area contributed by atoms with Gasteiger partial charge in [-0.15, -0.1) is 0 Å². The summed E-state index contributed by atoms with van der Waals surface area (Å²) in [6, 6.07) is 18.2. The Hall–Kier alpha value is -3.31. The van der Waals surface area contributed by atoms with Gasteiger partial charge in [0, 0.05) is 24.8 Å². The van der Waals surface area contributed by atoms with E-state index in [1.807, 2.05) is 42.5 Å². The third-order valence-corrected chi connectivity index (χ3v) is 5.32. The lowest BCUT2D eigenvalue weighted by molar-refractivity contribution is -0.116. The number of anilines is 2. The first-order valence-electron chi connectivity index (χ1n) is 9.24. The minimum Gasteiger partial charge on any atom is -0.506 e. The van der Waals surface area contributed by atoms with Gasteiger partial charge in [-0.2, -0.15) is 0 Å². The number of phenols is 1. The van der Waals surface area contributed by atoms with Gasteiger partial charge in [0.05, 0.1) is 10.6 Å². The molecule has 0 saturated heterocycles. The second-order valence-corrected chi connectivity index (χ2v) is 7.35. The van der Waals surface area contributed by atoms with Gasteiger partial charge in [0.25, 0.3) is 5.91 Å². The fourth-order valence-corrected chi connectivity index (χ4v) is 3.79. The predicted octanol–water partition coefficient (Wildman–Crippen LogP) is 4.87. The lowest BCUT2D eigenvalue weighted by Gasteiger charge is -2.15. The second kappa shape index (κ2) is 7.60. The smallest absolute Gasteiger partial charge is 0.259 e. The number of aromatic hydroxyl groups is 1. The Bertz CT molecular complexity index is 1110. The molecule has 4 rings (SSSR count). The van der Waals surface area contributed by atoms with Crippen molar-refractivity contribution < 1.29 is 14.7 Å². The average molecular weight is 407 g/mol. The lowest BCUT2D eigenvalue weighted by atomic mass is 10.0. The van der Waals surface area contributed by atoms with Crippen molar-refractivity contribution in [3.05, 3.63) is 76.8 Å². The number of phenolic OH excluding ortho intramolecular Hbond substituents is 1. The molecular weight excluding hydrogens is 388 g/mol. The van der Waals surface area contributed by atoms with E-state index in [-0.39, 0.29) is 22.2 Å². The van der Waals surface area contributed by atoms with Crippen molar-refractivity contribution in [1.29, 1.82) is 0 Å². The van der Waals surface area contributed by atoms with Crippen LogP contribution in [0, 0.1) is 0 Å². The van der Waals surface area contributed by atoms with Crippen LogP contribution in [0.3, 0.4) is 0 Å². The van der Waals surface area contributed by atoms with E-state index in [1.54, 1.807) is 23.1 Å². The van der Waals surface area contributed by atoms with Gasteiger partial charge in [-0.3, -0.25) is 9.59 Å². The molecule has 2 N–H and O–H groups in total. The maximum Gasteiger partial charge on any atom is 0.259 e. The van der Waals surface area contributed by atoms with E-state index in [2.05, 4.69) is 5.32 Å². The Kier molecular flexibility index (Phi) is 4.99. The van der Waals surface area contributed by atoms with Crippen LogP contribution in [0.2, 0.25) is 5.02 Å². The lowest BCUT2D eigenvalue weighted by Crippen LogP contribution is -2.25. The minimum absolute atomic E-state index is 0.00201. The van der Waals surface area contributed by atoms with Crippen LogP contribution in [0.1, 0.15) is 22.8 Å². The van der Waals surface area contributed by atoms with Crippen LogP contribution >= 0.6 is 11.6 Å². The SMILES string of the molecule is CC(=O)N1CCc2cc(NC(=O)c3cc(-c4ccccc4)cc(Cl)c3O)ccc21. The monoisotopic (exact) mass is 406 g/mol. The van der Waals surface area contributed by atoms with E-state index >= 15 is 0 Å². The molecule has 2 amide bonds. The summed E-state index contributed by atoms with van der Waals surface area (Å²) in [6.07, 6.45) is 0.735. The first-order valence-corrected chi connectivity index (χ1v) is 9.62. The standard InChI is InChI=1S/C23H19ClN2O3/c1-14(27)26-10-9-16-11-18(7-8-21(16)26)25-23(29)19-12-17(13-20(24)22(19)28)15-5-3-2-4-6-15/h2-8,11-13,28H,9-10H2,1H3,(H,25,29). The number of nitrogens with one attached hydrogen (secondary N) is 1. The van der Waals surface area contributed by atoms with Gasteiger partial charge < -0.3 is 15.3 Å². The molecule has 0 radical (unpaired) electrons. The molecule has 29 heavy (non-hydrogen) atoms. The average Bonchev–Trinajstić information content (AvgIpc) is 3.14. The number of benzene rings is 3. The van der Waals surface area contributed by atoms with Gasteiger partial charge in [0.15, 0.2) is 0 Å². The Balaban J connectivity index is 1.63. The van der Waals surface area contributed by atoms with Crippen LogP contribution in [0.15, 0.2) is 60.7 Å². The van der Waals surface area contributed by atoms with Crippen molar-refractivity contribution in [2.24, 2.45) is 0 Å². The maximum atomic E-state index is 12.8. The number of hydrogen-bond donors (Lipinski definition) is 2. The molecule has 1 aliphatic heterocycles. The van der Waals surface area contributed by atoms with Crippen molar-refractivity contribution in [1.82, 2.24) is 0 Å². The normalized spacial score (nSPS) is 12.6. The Morgan fingerprint density at radius 3 is 2.52 bits per heavy atom. The topological polar surface area (TPSA) is 69.6 Å². The zero-order valence-electron chi connectivity index (χ0n) is 15.8. The summed E-state index contributed by atoms with van der Waals surface area (Å²) in [7, 11) is 0.